The molecule has 0 spiro atoms. The average Bonchev–Trinajstić information content (AvgIpc) is 2.96. The van der Waals surface area contributed by atoms with Gasteiger partial charge in [0.2, 0.25) is 5.96 Å². The molecule has 0 aliphatic heterocycles. The van der Waals surface area contributed by atoms with Crippen LogP contribution in [0, 0.1) is 25.1 Å². The Morgan fingerprint density at radius 3 is 2.69 bits per heavy atom. The Morgan fingerprint density at radius 1 is 1.19 bits per heavy atom. The highest BCUT2D eigenvalue weighted by Crippen LogP contribution is 2.22. The van der Waals surface area contributed by atoms with E-state index in [4.69, 9.17) is 10.1 Å². The van der Waals surface area contributed by atoms with Crippen LogP contribution < -0.4 is 15.5 Å². The van der Waals surface area contributed by atoms with Crippen molar-refractivity contribution in [3.63, 3.8) is 0 Å². The number of aryl methyl sites for hydroxylation is 2. The maximum absolute atomic E-state index is 13.7. The van der Waals surface area contributed by atoms with Gasteiger partial charge >= 0.3 is 0 Å². The van der Waals surface area contributed by atoms with Crippen molar-refractivity contribution in [3.05, 3.63) is 70.3 Å². The second-order valence-corrected chi connectivity index (χ2v) is 6.94. The molecule has 0 atom stereocenters. The molecule has 2 aromatic carbocycles. The highest BCUT2D eigenvalue weighted by atomic mass is 32.1. The third-order valence-electron chi connectivity index (χ3n) is 3.71. The molecule has 0 saturated carbocycles. The number of methoxy groups -OCH3 is 1. The van der Waals surface area contributed by atoms with E-state index in [1.807, 2.05) is 38.1 Å². The largest absolute Gasteiger partial charge is 0.497 e. The normalized spacial score (nSPS) is 11.5. The number of halogens is 1. The molecule has 0 bridgehead atoms. The third-order valence-corrected chi connectivity index (χ3v) is 4.67. The van der Waals surface area contributed by atoms with Crippen molar-refractivity contribution in [2.75, 3.05) is 12.4 Å². The molecular weight excluding hydrogens is 351 g/mol. The van der Waals surface area contributed by atoms with Crippen LogP contribution in [0.15, 0.2) is 53.5 Å². The fraction of sp³-hybridized carbons (Fsp3) is 0.158. The lowest BCUT2D eigenvalue weighted by atomic mass is 10.2. The number of rotatable bonds is 3. The molecule has 0 fully saturated rings. The van der Waals surface area contributed by atoms with Gasteiger partial charge in [-0.3, -0.25) is 5.41 Å². The van der Waals surface area contributed by atoms with Crippen LogP contribution in [0.4, 0.5) is 15.8 Å². The monoisotopic (exact) mass is 370 g/mol. The molecule has 0 aliphatic carbocycles. The zero-order valence-corrected chi connectivity index (χ0v) is 15.5. The SMILES string of the molecule is COc1cccc(NC(=Nc2cc(F)ccc2C)n2sc(C)cc2=N)c1. The summed E-state index contributed by atoms with van der Waals surface area (Å²) in [5.41, 5.74) is 2.41. The Morgan fingerprint density at radius 2 is 2.00 bits per heavy atom. The lowest BCUT2D eigenvalue weighted by molar-refractivity contribution is 0.415. The Hall–Kier alpha value is -2.93. The molecule has 0 amide bonds. The van der Waals surface area contributed by atoms with Gasteiger partial charge in [0.05, 0.1) is 12.8 Å². The van der Waals surface area contributed by atoms with Gasteiger partial charge < -0.3 is 10.1 Å². The summed E-state index contributed by atoms with van der Waals surface area (Å²) in [5, 5.41) is 11.4. The number of nitrogens with zero attached hydrogens (tertiary/aromatic N) is 2. The molecule has 7 heteroatoms. The molecule has 0 saturated heterocycles. The first-order chi connectivity index (χ1) is 12.5. The van der Waals surface area contributed by atoms with Crippen molar-refractivity contribution in [2.45, 2.75) is 13.8 Å². The number of ether oxygens (including phenoxy) is 1. The Kier molecular flexibility index (Phi) is 5.18. The van der Waals surface area contributed by atoms with Gasteiger partial charge in [-0.05, 0) is 49.7 Å². The number of benzene rings is 2. The summed E-state index contributed by atoms with van der Waals surface area (Å²) in [6.45, 7) is 3.79. The van der Waals surface area contributed by atoms with Crippen molar-refractivity contribution >= 4 is 28.9 Å². The molecule has 5 nitrogen and oxygen atoms in total. The minimum Gasteiger partial charge on any atom is -0.497 e. The second-order valence-electron chi connectivity index (χ2n) is 5.75. The predicted octanol–water partition coefficient (Wildman–Crippen LogP) is 4.44. The van der Waals surface area contributed by atoms with E-state index in [9.17, 15) is 4.39 Å². The third kappa shape index (κ3) is 4.00. The van der Waals surface area contributed by atoms with Crippen molar-refractivity contribution in [1.29, 1.82) is 5.41 Å². The van der Waals surface area contributed by atoms with E-state index in [1.165, 1.54) is 23.7 Å². The van der Waals surface area contributed by atoms with E-state index < -0.39 is 0 Å². The van der Waals surface area contributed by atoms with Crippen LogP contribution in [-0.2, 0) is 0 Å². The minimum atomic E-state index is -0.353. The summed E-state index contributed by atoms with van der Waals surface area (Å²) in [5.74, 6) is 0.776. The number of hydrogen-bond donors (Lipinski definition) is 2. The number of aliphatic imine (C=N–C) groups is 1. The van der Waals surface area contributed by atoms with E-state index in [2.05, 4.69) is 10.3 Å². The van der Waals surface area contributed by atoms with Crippen LogP contribution in [0.1, 0.15) is 10.4 Å². The zero-order valence-electron chi connectivity index (χ0n) is 14.7. The van der Waals surface area contributed by atoms with Gasteiger partial charge in [0.25, 0.3) is 0 Å². The second kappa shape index (κ2) is 7.53. The molecular formula is C19H19FN4OS. The van der Waals surface area contributed by atoms with Crippen LogP contribution >= 0.6 is 11.5 Å². The lowest BCUT2D eigenvalue weighted by Gasteiger charge is -2.12. The number of hydrogen-bond acceptors (Lipinski definition) is 4. The van der Waals surface area contributed by atoms with E-state index >= 15 is 0 Å². The van der Waals surface area contributed by atoms with Gasteiger partial charge in [-0.1, -0.05) is 23.7 Å². The first-order valence-corrected chi connectivity index (χ1v) is 8.74. The van der Waals surface area contributed by atoms with Crippen LogP contribution in [-0.4, -0.2) is 17.0 Å². The van der Waals surface area contributed by atoms with E-state index in [0.717, 1.165) is 16.1 Å². The summed E-state index contributed by atoms with van der Waals surface area (Å²) < 4.78 is 20.6. The summed E-state index contributed by atoms with van der Waals surface area (Å²) >= 11 is 1.39. The molecule has 0 unspecified atom stereocenters. The fourth-order valence-corrected chi connectivity index (χ4v) is 3.18. The van der Waals surface area contributed by atoms with E-state index in [0.29, 0.717) is 22.9 Å². The van der Waals surface area contributed by atoms with Gasteiger partial charge in [-0.15, -0.1) is 0 Å². The molecule has 2 N–H and O–H groups in total. The number of nitrogens with one attached hydrogen (secondary N) is 2. The van der Waals surface area contributed by atoms with Crippen molar-refractivity contribution in [1.82, 2.24) is 3.96 Å². The van der Waals surface area contributed by atoms with Crippen molar-refractivity contribution in [3.8, 4) is 5.75 Å². The standard InChI is InChI=1S/C19H19FN4OS/c1-12-7-8-14(20)10-17(12)23-19(24-18(21)9-13(2)26-24)22-15-5-4-6-16(11-15)25-3/h4-11,21H,1-3H3,(H,22,23). The summed E-state index contributed by atoms with van der Waals surface area (Å²) in [4.78, 5) is 5.57. The zero-order chi connectivity index (χ0) is 18.7. The summed E-state index contributed by atoms with van der Waals surface area (Å²) in [7, 11) is 1.60. The van der Waals surface area contributed by atoms with Gasteiger partial charge in [0.1, 0.15) is 17.1 Å². The fourth-order valence-electron chi connectivity index (χ4n) is 2.40. The molecule has 0 aliphatic rings. The van der Waals surface area contributed by atoms with Crippen molar-refractivity contribution < 1.29 is 9.13 Å². The average molecular weight is 370 g/mol. The van der Waals surface area contributed by atoms with Crippen LogP contribution in [0.3, 0.4) is 0 Å². The van der Waals surface area contributed by atoms with Gasteiger partial charge in [-0.2, -0.15) is 0 Å². The van der Waals surface area contributed by atoms with Gasteiger partial charge in [0, 0.05) is 16.6 Å². The first kappa shape index (κ1) is 17.9. The minimum absolute atomic E-state index is 0.302. The highest BCUT2D eigenvalue weighted by molar-refractivity contribution is 7.07. The molecule has 1 heterocycles. The van der Waals surface area contributed by atoms with E-state index in [-0.39, 0.29) is 5.82 Å². The maximum atomic E-state index is 13.7. The molecule has 134 valence electrons. The van der Waals surface area contributed by atoms with Crippen LogP contribution in [0.2, 0.25) is 0 Å². The molecule has 1 aromatic heterocycles. The maximum Gasteiger partial charge on any atom is 0.223 e. The van der Waals surface area contributed by atoms with Crippen LogP contribution in [0.5, 0.6) is 5.75 Å². The molecule has 0 radical (unpaired) electrons. The molecule has 3 rings (SSSR count). The van der Waals surface area contributed by atoms with Crippen LogP contribution in [0.25, 0.3) is 0 Å². The highest BCUT2D eigenvalue weighted by Gasteiger charge is 2.10. The van der Waals surface area contributed by atoms with Gasteiger partial charge in [0.15, 0.2) is 0 Å². The quantitative estimate of drug-likeness (QED) is 0.529. The van der Waals surface area contributed by atoms with Crippen molar-refractivity contribution in [2.24, 2.45) is 4.99 Å². The van der Waals surface area contributed by atoms with Gasteiger partial charge in [-0.25, -0.2) is 13.3 Å². The topological polar surface area (TPSA) is 62.4 Å². The lowest BCUT2D eigenvalue weighted by Crippen LogP contribution is -2.28. The summed E-state index contributed by atoms with van der Waals surface area (Å²) in [6, 6.07) is 13.6. The Bertz CT molecular complexity index is 1020. The number of aromatic nitrogens is 1. The number of anilines is 1. The Labute approximate surface area is 155 Å². The molecule has 3 aromatic rings. The Balaban J connectivity index is 2.10. The summed E-state index contributed by atoms with van der Waals surface area (Å²) in [6.07, 6.45) is 0. The first-order valence-electron chi connectivity index (χ1n) is 7.97. The van der Waals surface area contributed by atoms with E-state index in [1.54, 1.807) is 23.2 Å². The predicted molar refractivity (Wildman–Crippen MR) is 103 cm³/mol. The molecule has 26 heavy (non-hydrogen) atoms. The smallest absolute Gasteiger partial charge is 0.223 e.